The summed E-state index contributed by atoms with van der Waals surface area (Å²) < 4.78 is 34.8. The standard InChI is InChI=1S/C94H152NO8P/c1-6-8-10-12-14-16-18-20-22-24-26-28-30-32-34-36-38-40-42-44-46-47-49-51-53-55-57-59-61-63-65-67-69-71-73-75-77-79-81-83-85-87-94(97)103-92(91-102-104(98,99)101-89-88-95(3,4)5)90-100-93(96)86-84-82-80-78-76-74-72-70-68-66-64-62-60-58-56-54-52-50-48-45-43-41-39-37-35-33-31-29-27-25-23-21-19-17-15-13-11-9-7-2/h8-11,14-17,20-23,26-29,32-35,38-41,44,46,49,51,55,57,61,63,67,69,73,75,92H,6-7,12-13,18-19,24-25,30-31,36-37,42-43,45,47-48,50,52-54,56,58-60,62,64-66,68,70-72,74,76-91H2,1-5H3/p+1/b10-8-,11-9-,16-14-,17-15-,22-20-,23-21-,28-26-,29-27-,34-32-,35-33-,40-38-,41-39-,46-44-,51-49-,57-55-,63-61-,69-67-,75-73-. The van der Waals surface area contributed by atoms with Gasteiger partial charge in [-0.3, -0.25) is 18.6 Å². The van der Waals surface area contributed by atoms with Crippen molar-refractivity contribution in [3.63, 3.8) is 0 Å². The Bertz CT molecular complexity index is 2570. The smallest absolute Gasteiger partial charge is 0.462 e. The summed E-state index contributed by atoms with van der Waals surface area (Å²) >= 11 is 0. The SMILES string of the molecule is CC/C=C\C/C=C\C/C=C\C/C=C\C/C=C\C/C=C\C/C=C\C/C=C\C/C=C\C/C=C\C/C=C\C/C=C\CCCCCCC(=O)OC(COC(=O)CCCCCCCCCCCCCCCCCCCCCC/C=C\C/C=C\C/C=C\C/C=C\C/C=C\C/C=C\CC)COP(=O)(O)OCC[N+](C)(C)C. The van der Waals surface area contributed by atoms with Crippen LogP contribution in [0.2, 0.25) is 0 Å². The van der Waals surface area contributed by atoms with Crippen LogP contribution in [0.4, 0.5) is 0 Å². The third-order valence-corrected chi connectivity index (χ3v) is 18.0. The average molecular weight is 1460 g/mol. The first kappa shape index (κ1) is 98.3. The molecule has 0 bridgehead atoms. The van der Waals surface area contributed by atoms with Crippen LogP contribution >= 0.6 is 7.82 Å². The van der Waals surface area contributed by atoms with Crippen molar-refractivity contribution in [3.8, 4) is 0 Å². The Kier molecular flexibility index (Phi) is 77.0. The maximum absolute atomic E-state index is 12.9. The monoisotopic (exact) mass is 1460 g/mol. The molecule has 2 atom stereocenters. The molecule has 0 saturated carbocycles. The zero-order valence-electron chi connectivity index (χ0n) is 66.9. The van der Waals surface area contributed by atoms with E-state index in [4.69, 9.17) is 18.5 Å². The molecule has 10 heteroatoms. The van der Waals surface area contributed by atoms with Gasteiger partial charge >= 0.3 is 19.8 Å². The lowest BCUT2D eigenvalue weighted by molar-refractivity contribution is -0.870. The van der Waals surface area contributed by atoms with Crippen molar-refractivity contribution in [3.05, 3.63) is 219 Å². The van der Waals surface area contributed by atoms with Crippen molar-refractivity contribution < 1.29 is 42.1 Å². The maximum Gasteiger partial charge on any atom is 0.472 e. The van der Waals surface area contributed by atoms with Crippen LogP contribution in [-0.4, -0.2) is 74.9 Å². The summed E-state index contributed by atoms with van der Waals surface area (Å²) in [5, 5.41) is 0. The highest BCUT2D eigenvalue weighted by molar-refractivity contribution is 7.47. The number of hydrogen-bond donors (Lipinski definition) is 1. The number of carbonyl (C=O) groups is 2. The van der Waals surface area contributed by atoms with E-state index in [9.17, 15) is 19.0 Å². The number of ether oxygens (including phenoxy) is 2. The highest BCUT2D eigenvalue weighted by Gasteiger charge is 2.27. The average Bonchev–Trinajstić information content (AvgIpc) is 0.920. The summed E-state index contributed by atoms with van der Waals surface area (Å²) in [7, 11) is 1.44. The van der Waals surface area contributed by atoms with Gasteiger partial charge < -0.3 is 18.9 Å². The van der Waals surface area contributed by atoms with Crippen LogP contribution in [0.15, 0.2) is 219 Å². The van der Waals surface area contributed by atoms with E-state index >= 15 is 0 Å². The number of hydrogen-bond acceptors (Lipinski definition) is 7. The molecule has 9 nitrogen and oxygen atoms in total. The molecular formula is C94H153NO8P+. The Morgan fingerprint density at radius 3 is 0.769 bits per heavy atom. The van der Waals surface area contributed by atoms with Crippen LogP contribution in [0.5, 0.6) is 0 Å². The Hall–Kier alpha value is -5.67. The largest absolute Gasteiger partial charge is 0.472 e. The molecule has 0 aliphatic heterocycles. The summed E-state index contributed by atoms with van der Waals surface area (Å²) in [6.07, 6.45) is 129. The lowest BCUT2D eigenvalue weighted by atomic mass is 10.0. The Morgan fingerprint density at radius 2 is 0.519 bits per heavy atom. The van der Waals surface area contributed by atoms with Gasteiger partial charge in [-0.1, -0.05) is 361 Å². The maximum atomic E-state index is 12.9. The van der Waals surface area contributed by atoms with Crippen LogP contribution in [0.25, 0.3) is 0 Å². The van der Waals surface area contributed by atoms with E-state index in [0.29, 0.717) is 17.4 Å². The Morgan fingerprint density at radius 1 is 0.298 bits per heavy atom. The zero-order valence-corrected chi connectivity index (χ0v) is 67.8. The second-order valence-electron chi connectivity index (χ2n) is 28.0. The number of unbranched alkanes of at least 4 members (excludes halogenated alkanes) is 24. The Balaban J connectivity index is 4.08. The fourth-order valence-corrected chi connectivity index (χ4v) is 11.5. The highest BCUT2D eigenvalue weighted by atomic mass is 31.2. The number of phosphoric acid groups is 1. The molecule has 0 aromatic carbocycles. The van der Waals surface area contributed by atoms with E-state index in [0.717, 1.165) is 161 Å². The van der Waals surface area contributed by atoms with Gasteiger partial charge in [-0.05, 0) is 154 Å². The topological polar surface area (TPSA) is 108 Å². The van der Waals surface area contributed by atoms with Crippen molar-refractivity contribution >= 4 is 19.8 Å². The fourth-order valence-electron chi connectivity index (χ4n) is 10.8. The van der Waals surface area contributed by atoms with Crippen molar-refractivity contribution in [2.45, 2.75) is 315 Å². The number of esters is 2. The van der Waals surface area contributed by atoms with Crippen molar-refractivity contribution in [2.75, 3.05) is 47.5 Å². The summed E-state index contributed by atoms with van der Waals surface area (Å²) in [4.78, 5) is 36.0. The van der Waals surface area contributed by atoms with E-state index in [2.05, 4.69) is 233 Å². The molecule has 1 N–H and O–H groups in total. The molecule has 2 unspecified atom stereocenters. The molecule has 0 saturated heterocycles. The number of carbonyl (C=O) groups excluding carboxylic acids is 2. The fraction of sp³-hybridized carbons (Fsp3) is 0.596. The number of quaternary nitrogens is 1. The minimum atomic E-state index is -4.42. The van der Waals surface area contributed by atoms with Gasteiger partial charge in [0.1, 0.15) is 19.8 Å². The normalized spacial score (nSPS) is 14.2. The Labute approximate surface area is 639 Å². The molecule has 0 aromatic heterocycles. The third-order valence-electron chi connectivity index (χ3n) is 17.0. The van der Waals surface area contributed by atoms with E-state index in [1.165, 1.54) is 116 Å². The van der Waals surface area contributed by atoms with Crippen LogP contribution in [-0.2, 0) is 32.7 Å². The predicted molar refractivity (Wildman–Crippen MR) is 454 cm³/mol. The quantitative estimate of drug-likeness (QED) is 0.0211. The van der Waals surface area contributed by atoms with Gasteiger partial charge in [0.25, 0.3) is 0 Å². The van der Waals surface area contributed by atoms with Gasteiger partial charge in [-0.25, -0.2) is 4.57 Å². The second kappa shape index (κ2) is 81.4. The minimum absolute atomic E-state index is 0.0170. The molecule has 0 fully saturated rings. The molecule has 0 aliphatic carbocycles. The van der Waals surface area contributed by atoms with E-state index in [1.54, 1.807) is 0 Å². The lowest BCUT2D eigenvalue weighted by Crippen LogP contribution is -2.37. The number of phosphoric ester groups is 1. The zero-order chi connectivity index (χ0) is 75.4. The van der Waals surface area contributed by atoms with Crippen molar-refractivity contribution in [1.29, 1.82) is 0 Å². The van der Waals surface area contributed by atoms with E-state index in [1.807, 2.05) is 21.1 Å². The van der Waals surface area contributed by atoms with Gasteiger partial charge in [0.05, 0.1) is 27.7 Å². The third kappa shape index (κ3) is 85.3. The van der Waals surface area contributed by atoms with Gasteiger partial charge in [-0.15, -0.1) is 0 Å². The summed E-state index contributed by atoms with van der Waals surface area (Å²) in [5.74, 6) is -0.832. The van der Waals surface area contributed by atoms with Gasteiger partial charge in [0, 0.05) is 12.8 Å². The molecule has 0 aromatic rings. The highest BCUT2D eigenvalue weighted by Crippen LogP contribution is 2.43. The minimum Gasteiger partial charge on any atom is -0.462 e. The second-order valence-corrected chi connectivity index (χ2v) is 29.5. The van der Waals surface area contributed by atoms with Gasteiger partial charge in [-0.2, -0.15) is 0 Å². The molecular weight excluding hydrogens is 1300 g/mol. The first-order valence-corrected chi connectivity index (χ1v) is 43.0. The molecule has 0 amide bonds. The first-order valence-electron chi connectivity index (χ1n) is 41.5. The van der Waals surface area contributed by atoms with Gasteiger partial charge in [0.2, 0.25) is 0 Å². The molecule has 0 spiro atoms. The van der Waals surface area contributed by atoms with Gasteiger partial charge in [0.15, 0.2) is 6.10 Å². The summed E-state index contributed by atoms with van der Waals surface area (Å²) in [6, 6.07) is 0. The lowest BCUT2D eigenvalue weighted by Gasteiger charge is -2.24. The van der Waals surface area contributed by atoms with E-state index < -0.39 is 26.5 Å². The first-order chi connectivity index (χ1) is 51.0. The molecule has 0 radical (unpaired) electrons. The summed E-state index contributed by atoms with van der Waals surface area (Å²) in [6.45, 7) is 4.17. The molecule has 0 rings (SSSR count). The number of nitrogens with zero attached hydrogens (tertiary/aromatic N) is 1. The van der Waals surface area contributed by atoms with Crippen LogP contribution < -0.4 is 0 Å². The molecule has 0 heterocycles. The number of allylic oxidation sites excluding steroid dienone is 36. The molecule has 586 valence electrons. The summed E-state index contributed by atoms with van der Waals surface area (Å²) in [5.41, 5.74) is 0. The number of rotatable bonds is 74. The van der Waals surface area contributed by atoms with Crippen molar-refractivity contribution in [1.82, 2.24) is 0 Å². The molecule has 0 aliphatic rings. The van der Waals surface area contributed by atoms with Crippen molar-refractivity contribution in [2.24, 2.45) is 0 Å². The van der Waals surface area contributed by atoms with Crippen LogP contribution in [0, 0.1) is 0 Å². The molecule has 104 heavy (non-hydrogen) atoms. The van der Waals surface area contributed by atoms with Crippen LogP contribution in [0.1, 0.15) is 309 Å². The van der Waals surface area contributed by atoms with E-state index in [-0.39, 0.29) is 32.0 Å². The predicted octanol–water partition coefficient (Wildman–Crippen LogP) is 28.3. The van der Waals surface area contributed by atoms with Crippen LogP contribution in [0.3, 0.4) is 0 Å². The number of likely N-dealkylation sites (N-methyl/N-ethyl adjacent to an activating group) is 1.